The van der Waals surface area contributed by atoms with Gasteiger partial charge in [-0.3, -0.25) is 10.00 Å². The molecule has 1 fully saturated rings. The van der Waals surface area contributed by atoms with E-state index in [4.69, 9.17) is 4.74 Å². The first kappa shape index (κ1) is 17.7. The Labute approximate surface area is 160 Å². The molecular formula is C22H26N4O. The third kappa shape index (κ3) is 4.19. The predicted molar refractivity (Wildman–Crippen MR) is 105 cm³/mol. The molecule has 5 nitrogen and oxygen atoms in total. The van der Waals surface area contributed by atoms with Crippen LogP contribution in [0.1, 0.15) is 47.2 Å². The molecule has 0 amide bonds. The van der Waals surface area contributed by atoms with Crippen LogP contribution in [0.5, 0.6) is 5.75 Å². The van der Waals surface area contributed by atoms with E-state index in [2.05, 4.69) is 69.5 Å². The molecule has 1 atom stereocenters. The van der Waals surface area contributed by atoms with Gasteiger partial charge in [-0.2, -0.15) is 5.10 Å². The maximum absolute atomic E-state index is 6.15. The van der Waals surface area contributed by atoms with Gasteiger partial charge in [-0.15, -0.1) is 0 Å². The molecule has 2 heterocycles. The predicted octanol–water partition coefficient (Wildman–Crippen LogP) is 4.34. The molecule has 0 spiro atoms. The van der Waals surface area contributed by atoms with Gasteiger partial charge < -0.3 is 4.74 Å². The van der Waals surface area contributed by atoms with Gasteiger partial charge in [-0.1, -0.05) is 48.0 Å². The number of aromatic nitrogens is 3. The van der Waals surface area contributed by atoms with Crippen LogP contribution in [0.2, 0.25) is 0 Å². The zero-order chi connectivity index (χ0) is 18.6. The Morgan fingerprint density at radius 2 is 1.93 bits per heavy atom. The van der Waals surface area contributed by atoms with Crippen molar-refractivity contribution in [2.75, 3.05) is 6.54 Å². The fourth-order valence-electron chi connectivity index (χ4n) is 3.66. The number of aryl methyl sites for hydroxylation is 2. The molecule has 0 bridgehead atoms. The standard InChI is InChI=1S/C22H26N4O/c1-16-9-11-18(12-10-16)15-27-21-8-4-3-6-19(21)14-26-13-5-7-20(26)22-23-17(2)24-25-22/h3-4,6,8-12,20H,5,7,13-15H2,1-2H3,(H,23,24,25)/t20-/m0/s1. The second-order valence-corrected chi connectivity index (χ2v) is 7.29. The summed E-state index contributed by atoms with van der Waals surface area (Å²) in [5.41, 5.74) is 3.66. The average Bonchev–Trinajstić information content (AvgIpc) is 3.31. The van der Waals surface area contributed by atoms with Gasteiger partial charge in [0.15, 0.2) is 5.82 Å². The van der Waals surface area contributed by atoms with Gasteiger partial charge in [0.05, 0.1) is 6.04 Å². The summed E-state index contributed by atoms with van der Waals surface area (Å²) in [7, 11) is 0. The number of para-hydroxylation sites is 1. The summed E-state index contributed by atoms with van der Waals surface area (Å²) in [4.78, 5) is 7.01. The summed E-state index contributed by atoms with van der Waals surface area (Å²) in [5.74, 6) is 2.73. The highest BCUT2D eigenvalue weighted by molar-refractivity contribution is 5.34. The Balaban J connectivity index is 1.46. The van der Waals surface area contributed by atoms with Crippen molar-refractivity contribution in [2.45, 2.75) is 45.9 Å². The van der Waals surface area contributed by atoms with Gasteiger partial charge >= 0.3 is 0 Å². The number of aromatic amines is 1. The van der Waals surface area contributed by atoms with Gasteiger partial charge in [0.25, 0.3) is 0 Å². The number of nitrogens with one attached hydrogen (secondary N) is 1. The van der Waals surface area contributed by atoms with Crippen molar-refractivity contribution in [1.29, 1.82) is 0 Å². The number of ether oxygens (including phenoxy) is 1. The van der Waals surface area contributed by atoms with Crippen LogP contribution in [0.3, 0.4) is 0 Å². The molecule has 1 saturated heterocycles. The van der Waals surface area contributed by atoms with E-state index in [0.29, 0.717) is 6.61 Å². The van der Waals surface area contributed by atoms with Crippen LogP contribution in [0.15, 0.2) is 48.5 Å². The quantitative estimate of drug-likeness (QED) is 0.709. The number of rotatable bonds is 6. The van der Waals surface area contributed by atoms with Crippen LogP contribution < -0.4 is 4.74 Å². The lowest BCUT2D eigenvalue weighted by Crippen LogP contribution is -2.24. The summed E-state index contributed by atoms with van der Waals surface area (Å²) in [5, 5.41) is 7.36. The second-order valence-electron chi connectivity index (χ2n) is 7.29. The van der Waals surface area contributed by atoms with E-state index in [-0.39, 0.29) is 6.04 Å². The van der Waals surface area contributed by atoms with Crippen LogP contribution >= 0.6 is 0 Å². The Kier molecular flexibility index (Phi) is 5.21. The fraction of sp³-hybridized carbons (Fsp3) is 0.364. The molecule has 27 heavy (non-hydrogen) atoms. The minimum Gasteiger partial charge on any atom is -0.489 e. The van der Waals surface area contributed by atoms with Crippen molar-refractivity contribution in [2.24, 2.45) is 0 Å². The van der Waals surface area contributed by atoms with Crippen molar-refractivity contribution in [3.63, 3.8) is 0 Å². The van der Waals surface area contributed by atoms with Gasteiger partial charge in [0.1, 0.15) is 18.2 Å². The van der Waals surface area contributed by atoms with E-state index in [1.165, 1.54) is 23.1 Å². The molecular weight excluding hydrogens is 336 g/mol. The monoisotopic (exact) mass is 362 g/mol. The number of benzene rings is 2. The number of likely N-dealkylation sites (tertiary alicyclic amines) is 1. The third-order valence-electron chi connectivity index (χ3n) is 5.14. The van der Waals surface area contributed by atoms with Crippen LogP contribution in [-0.2, 0) is 13.2 Å². The van der Waals surface area contributed by atoms with E-state index in [1.807, 2.05) is 13.0 Å². The highest BCUT2D eigenvalue weighted by Gasteiger charge is 2.29. The van der Waals surface area contributed by atoms with E-state index in [1.54, 1.807) is 0 Å². The maximum atomic E-state index is 6.15. The van der Waals surface area contributed by atoms with Crippen LogP contribution in [0.25, 0.3) is 0 Å². The zero-order valence-corrected chi connectivity index (χ0v) is 16.0. The number of hydrogen-bond donors (Lipinski definition) is 1. The lowest BCUT2D eigenvalue weighted by Gasteiger charge is -2.23. The number of hydrogen-bond acceptors (Lipinski definition) is 4. The van der Waals surface area contributed by atoms with Gasteiger partial charge in [0.2, 0.25) is 0 Å². The molecule has 1 aromatic heterocycles. The Morgan fingerprint density at radius 1 is 1.11 bits per heavy atom. The highest BCUT2D eigenvalue weighted by Crippen LogP contribution is 2.33. The zero-order valence-electron chi connectivity index (χ0n) is 16.0. The minimum atomic E-state index is 0.278. The summed E-state index contributed by atoms with van der Waals surface area (Å²) >= 11 is 0. The van der Waals surface area contributed by atoms with Gasteiger partial charge in [0, 0.05) is 12.1 Å². The van der Waals surface area contributed by atoms with E-state index < -0.39 is 0 Å². The van der Waals surface area contributed by atoms with E-state index in [0.717, 1.165) is 36.9 Å². The number of nitrogens with zero attached hydrogens (tertiary/aromatic N) is 3. The third-order valence-corrected chi connectivity index (χ3v) is 5.14. The summed E-state index contributed by atoms with van der Waals surface area (Å²) in [6.07, 6.45) is 2.27. The van der Waals surface area contributed by atoms with Crippen LogP contribution in [0.4, 0.5) is 0 Å². The van der Waals surface area contributed by atoms with Crippen LogP contribution in [-0.4, -0.2) is 26.6 Å². The Bertz CT molecular complexity index is 887. The lowest BCUT2D eigenvalue weighted by atomic mass is 10.1. The smallest absolute Gasteiger partial charge is 0.167 e. The fourth-order valence-corrected chi connectivity index (χ4v) is 3.66. The van der Waals surface area contributed by atoms with Crippen molar-refractivity contribution in [3.8, 4) is 5.75 Å². The van der Waals surface area contributed by atoms with Crippen LogP contribution in [0, 0.1) is 13.8 Å². The molecule has 1 aliphatic heterocycles. The molecule has 4 rings (SSSR count). The molecule has 1 N–H and O–H groups in total. The van der Waals surface area contributed by atoms with Gasteiger partial charge in [-0.05, 0) is 44.9 Å². The molecule has 0 saturated carbocycles. The summed E-state index contributed by atoms with van der Waals surface area (Å²) in [6, 6.07) is 17.1. The first-order chi connectivity index (χ1) is 13.2. The van der Waals surface area contributed by atoms with Crippen molar-refractivity contribution in [3.05, 3.63) is 76.9 Å². The van der Waals surface area contributed by atoms with E-state index >= 15 is 0 Å². The highest BCUT2D eigenvalue weighted by atomic mass is 16.5. The molecule has 5 heteroatoms. The second kappa shape index (κ2) is 7.92. The molecule has 0 aliphatic carbocycles. The van der Waals surface area contributed by atoms with Gasteiger partial charge in [-0.25, -0.2) is 4.98 Å². The molecule has 1 aliphatic rings. The summed E-state index contributed by atoms with van der Waals surface area (Å²) < 4.78 is 6.15. The lowest BCUT2D eigenvalue weighted by molar-refractivity contribution is 0.232. The Hall–Kier alpha value is -2.66. The van der Waals surface area contributed by atoms with E-state index in [9.17, 15) is 0 Å². The van der Waals surface area contributed by atoms with Crippen molar-refractivity contribution >= 4 is 0 Å². The van der Waals surface area contributed by atoms with Crippen molar-refractivity contribution in [1.82, 2.24) is 20.1 Å². The molecule has 0 radical (unpaired) electrons. The van der Waals surface area contributed by atoms with Crippen molar-refractivity contribution < 1.29 is 4.74 Å². The molecule has 3 aromatic rings. The molecule has 0 unspecified atom stereocenters. The normalized spacial score (nSPS) is 17.3. The first-order valence-corrected chi connectivity index (χ1v) is 9.58. The molecule has 140 valence electrons. The maximum Gasteiger partial charge on any atom is 0.167 e. The minimum absolute atomic E-state index is 0.278. The largest absolute Gasteiger partial charge is 0.489 e. The number of H-pyrrole nitrogens is 1. The SMILES string of the molecule is Cc1ccc(COc2ccccc2CN2CCC[C@H]2c2n[nH]c(C)n2)cc1. The summed E-state index contributed by atoms with van der Waals surface area (Å²) in [6.45, 7) is 6.54. The Morgan fingerprint density at radius 3 is 2.70 bits per heavy atom. The first-order valence-electron chi connectivity index (χ1n) is 9.58. The molecule has 2 aromatic carbocycles. The topological polar surface area (TPSA) is 54.0 Å². The average molecular weight is 362 g/mol.